The Hall–Kier alpha value is -4.17. The lowest BCUT2D eigenvalue weighted by molar-refractivity contribution is -0.156. The van der Waals surface area contributed by atoms with Crippen molar-refractivity contribution in [3.8, 4) is 11.6 Å². The lowest BCUT2D eigenvalue weighted by atomic mass is 9.98. The Morgan fingerprint density at radius 2 is 1.82 bits per heavy atom. The number of esters is 1. The van der Waals surface area contributed by atoms with Crippen LogP contribution in [0, 0.1) is 8.99 Å². The van der Waals surface area contributed by atoms with Gasteiger partial charge in [-0.15, -0.1) is 0 Å². The second-order valence-corrected chi connectivity index (χ2v) is 12.8. The molecule has 0 atom stereocenters. The lowest BCUT2D eigenvalue weighted by Gasteiger charge is -2.34. The van der Waals surface area contributed by atoms with E-state index in [1.54, 1.807) is 55.8 Å². The molecular formula is C32H36IN7O4. The summed E-state index contributed by atoms with van der Waals surface area (Å²) >= 11 is 2.36. The minimum atomic E-state index is -0.640. The van der Waals surface area contributed by atoms with E-state index in [1.165, 1.54) is 11.8 Å². The number of fused-ring (bicyclic) bond motifs is 1. The van der Waals surface area contributed by atoms with Crippen LogP contribution in [0.1, 0.15) is 20.8 Å². The Labute approximate surface area is 270 Å². The van der Waals surface area contributed by atoms with Gasteiger partial charge in [0.25, 0.3) is 0 Å². The topological polar surface area (TPSA) is 114 Å². The molecule has 11 nitrogen and oxygen atoms in total. The van der Waals surface area contributed by atoms with Crippen molar-refractivity contribution in [3.05, 3.63) is 71.0 Å². The SMILES string of the molecule is C=CC(=O)Nc1cccc(Oc2nc(Nc3ccc(N4CCN(C)CC4)c(I)c3)nc3c2ccn3COC(=O)C(C)(C)C)c1. The normalized spacial score (nSPS) is 13.9. The highest BCUT2D eigenvalue weighted by atomic mass is 127. The van der Waals surface area contributed by atoms with E-state index in [9.17, 15) is 9.59 Å². The van der Waals surface area contributed by atoms with Crippen LogP contribution < -0.4 is 20.3 Å². The third-order valence-electron chi connectivity index (χ3n) is 7.08. The maximum absolute atomic E-state index is 12.5. The molecule has 0 saturated carbocycles. The second kappa shape index (κ2) is 13.2. The number of ether oxygens (including phenoxy) is 2. The Balaban J connectivity index is 1.46. The number of carbonyl (C=O) groups is 2. The van der Waals surface area contributed by atoms with E-state index in [0.717, 1.165) is 35.4 Å². The first-order chi connectivity index (χ1) is 21.0. The monoisotopic (exact) mass is 709 g/mol. The van der Waals surface area contributed by atoms with Crippen molar-refractivity contribution in [2.24, 2.45) is 5.41 Å². The average Bonchev–Trinajstić information content (AvgIpc) is 3.39. The zero-order valence-corrected chi connectivity index (χ0v) is 27.4. The number of rotatable bonds is 9. The van der Waals surface area contributed by atoms with Crippen LogP contribution in [-0.4, -0.2) is 64.5 Å². The highest BCUT2D eigenvalue weighted by Crippen LogP contribution is 2.33. The van der Waals surface area contributed by atoms with Crippen molar-refractivity contribution >= 4 is 68.5 Å². The zero-order chi connectivity index (χ0) is 31.4. The number of nitrogens with one attached hydrogen (secondary N) is 2. The fraction of sp³-hybridized carbons (Fsp3) is 0.312. The molecule has 3 heterocycles. The zero-order valence-electron chi connectivity index (χ0n) is 25.3. The molecule has 1 aliphatic heterocycles. The second-order valence-electron chi connectivity index (χ2n) is 11.6. The van der Waals surface area contributed by atoms with Gasteiger partial charge in [0.05, 0.1) is 16.5 Å². The maximum Gasteiger partial charge on any atom is 0.312 e. The molecule has 2 aromatic heterocycles. The molecule has 1 fully saturated rings. The number of likely N-dealkylation sites (N-methyl/N-ethyl adjacent to an activating group) is 1. The van der Waals surface area contributed by atoms with Gasteiger partial charge in [-0.3, -0.25) is 14.2 Å². The van der Waals surface area contributed by atoms with Gasteiger partial charge < -0.3 is 29.9 Å². The number of carbonyl (C=O) groups excluding carboxylic acids is 2. The molecule has 0 spiro atoms. The van der Waals surface area contributed by atoms with Crippen LogP contribution >= 0.6 is 22.6 Å². The van der Waals surface area contributed by atoms with Gasteiger partial charge in [-0.25, -0.2) is 0 Å². The summed E-state index contributed by atoms with van der Waals surface area (Å²) in [7, 11) is 2.15. The fourth-order valence-corrected chi connectivity index (χ4v) is 5.44. The number of benzene rings is 2. The van der Waals surface area contributed by atoms with E-state index in [1.807, 2.05) is 12.1 Å². The van der Waals surface area contributed by atoms with E-state index in [0.29, 0.717) is 34.3 Å². The van der Waals surface area contributed by atoms with Crippen molar-refractivity contribution in [3.63, 3.8) is 0 Å². The van der Waals surface area contributed by atoms with Crippen LogP contribution in [0.3, 0.4) is 0 Å². The van der Waals surface area contributed by atoms with Gasteiger partial charge >= 0.3 is 5.97 Å². The predicted octanol–water partition coefficient (Wildman–Crippen LogP) is 5.99. The summed E-state index contributed by atoms with van der Waals surface area (Å²) in [6, 6.07) is 15.0. The Bertz CT molecular complexity index is 1690. The summed E-state index contributed by atoms with van der Waals surface area (Å²) in [6.45, 7) is 12.9. The number of piperazine rings is 1. The molecule has 0 radical (unpaired) electrons. The summed E-state index contributed by atoms with van der Waals surface area (Å²) in [5.74, 6) is 0.434. The molecule has 5 rings (SSSR count). The fourth-order valence-electron chi connectivity index (χ4n) is 4.58. The van der Waals surface area contributed by atoms with Crippen molar-refractivity contribution < 1.29 is 19.1 Å². The summed E-state index contributed by atoms with van der Waals surface area (Å²) < 4.78 is 14.7. The van der Waals surface area contributed by atoms with Crippen LogP contribution in [0.2, 0.25) is 0 Å². The first-order valence-corrected chi connectivity index (χ1v) is 15.3. The third-order valence-corrected chi connectivity index (χ3v) is 7.94. The van der Waals surface area contributed by atoms with Crippen molar-refractivity contribution in [1.29, 1.82) is 0 Å². The van der Waals surface area contributed by atoms with E-state index < -0.39 is 5.41 Å². The molecule has 44 heavy (non-hydrogen) atoms. The number of aromatic nitrogens is 3. The van der Waals surface area contributed by atoms with Gasteiger partial charge in [0.2, 0.25) is 17.7 Å². The van der Waals surface area contributed by atoms with Gasteiger partial charge in [0.15, 0.2) is 12.4 Å². The number of halogens is 1. The molecule has 2 aromatic carbocycles. The van der Waals surface area contributed by atoms with Crippen LogP contribution in [0.5, 0.6) is 11.6 Å². The summed E-state index contributed by atoms with van der Waals surface area (Å²) in [5.41, 5.74) is 2.46. The molecule has 0 aliphatic carbocycles. The molecule has 1 amide bonds. The minimum Gasteiger partial charge on any atom is -0.443 e. The van der Waals surface area contributed by atoms with Crippen molar-refractivity contribution in [2.45, 2.75) is 27.5 Å². The first kappa shape index (κ1) is 31.3. The van der Waals surface area contributed by atoms with Crippen LogP contribution in [-0.2, 0) is 21.1 Å². The Morgan fingerprint density at radius 1 is 1.05 bits per heavy atom. The third kappa shape index (κ3) is 7.48. The summed E-state index contributed by atoms with van der Waals surface area (Å²) in [5, 5.41) is 6.69. The van der Waals surface area contributed by atoms with E-state index in [-0.39, 0.29) is 18.6 Å². The minimum absolute atomic E-state index is 0.0177. The smallest absolute Gasteiger partial charge is 0.312 e. The highest BCUT2D eigenvalue weighted by molar-refractivity contribution is 14.1. The van der Waals surface area contributed by atoms with Gasteiger partial charge in [0, 0.05) is 53.4 Å². The van der Waals surface area contributed by atoms with Gasteiger partial charge in [-0.2, -0.15) is 9.97 Å². The number of nitrogens with zero attached hydrogens (tertiary/aromatic N) is 5. The molecule has 230 valence electrons. The quantitative estimate of drug-likeness (QED) is 0.123. The van der Waals surface area contributed by atoms with Crippen LogP contribution in [0.15, 0.2) is 67.4 Å². The lowest BCUT2D eigenvalue weighted by Crippen LogP contribution is -2.44. The van der Waals surface area contributed by atoms with Crippen LogP contribution in [0.25, 0.3) is 11.0 Å². The summed E-state index contributed by atoms with van der Waals surface area (Å²) in [4.78, 5) is 38.5. The van der Waals surface area contributed by atoms with Gasteiger partial charge in [0.1, 0.15) is 5.75 Å². The molecule has 4 aromatic rings. The van der Waals surface area contributed by atoms with Gasteiger partial charge in [-0.1, -0.05) is 12.6 Å². The summed E-state index contributed by atoms with van der Waals surface area (Å²) in [6.07, 6.45) is 2.98. The number of anilines is 4. The maximum atomic E-state index is 12.5. The van der Waals surface area contributed by atoms with E-state index in [2.05, 4.69) is 68.8 Å². The molecule has 1 aliphatic rings. The Kier molecular flexibility index (Phi) is 9.39. The number of amides is 1. The standard InChI is InChI=1S/C32H36IN7O4/c1-6-27(41)34-21-8-7-9-23(18-21)44-29-24-12-13-40(20-43-30(42)32(2,3)4)28(24)36-31(37-29)35-22-10-11-26(25(33)19-22)39-16-14-38(5)15-17-39/h6-13,18-19H,1,14-17,20H2,2-5H3,(H,34,41)(H,35,36,37). The first-order valence-electron chi connectivity index (χ1n) is 14.3. The van der Waals surface area contributed by atoms with Crippen LogP contribution in [0.4, 0.5) is 23.0 Å². The predicted molar refractivity (Wildman–Crippen MR) is 181 cm³/mol. The van der Waals surface area contributed by atoms with Gasteiger partial charge in [-0.05, 0) is 92.9 Å². The van der Waals surface area contributed by atoms with Crippen molar-refractivity contribution in [2.75, 3.05) is 48.8 Å². The molecular weight excluding hydrogens is 673 g/mol. The number of hydrogen-bond acceptors (Lipinski definition) is 9. The largest absolute Gasteiger partial charge is 0.443 e. The average molecular weight is 710 g/mol. The van der Waals surface area contributed by atoms with E-state index >= 15 is 0 Å². The molecule has 0 bridgehead atoms. The molecule has 2 N–H and O–H groups in total. The Morgan fingerprint density at radius 3 is 2.52 bits per heavy atom. The highest BCUT2D eigenvalue weighted by Gasteiger charge is 2.24. The molecule has 0 unspecified atom stereocenters. The van der Waals surface area contributed by atoms with E-state index in [4.69, 9.17) is 19.4 Å². The van der Waals surface area contributed by atoms with Crippen molar-refractivity contribution in [1.82, 2.24) is 19.4 Å². The molecule has 1 saturated heterocycles. The number of hydrogen-bond donors (Lipinski definition) is 2. The molecule has 12 heteroatoms.